The van der Waals surface area contributed by atoms with Gasteiger partial charge < -0.3 is 4.90 Å². The van der Waals surface area contributed by atoms with E-state index in [0.717, 1.165) is 18.7 Å². The third-order valence-corrected chi connectivity index (χ3v) is 3.14. The second-order valence-corrected chi connectivity index (χ2v) is 3.95. The maximum atomic E-state index is 11.0. The van der Waals surface area contributed by atoms with Crippen LogP contribution in [0.4, 0.5) is 11.4 Å². The van der Waals surface area contributed by atoms with Crippen LogP contribution in [0.2, 0.25) is 0 Å². The van der Waals surface area contributed by atoms with Crippen LogP contribution in [-0.2, 0) is 5.33 Å². The van der Waals surface area contributed by atoms with Crippen molar-refractivity contribution in [3.8, 4) is 0 Å². The Morgan fingerprint density at radius 2 is 2.00 bits per heavy atom. The van der Waals surface area contributed by atoms with Crippen LogP contribution < -0.4 is 4.90 Å². The zero-order valence-electron chi connectivity index (χ0n) is 9.44. The summed E-state index contributed by atoms with van der Waals surface area (Å²) in [6, 6.07) is 5.36. The van der Waals surface area contributed by atoms with Gasteiger partial charge in [-0.3, -0.25) is 10.1 Å². The molecule has 5 heteroatoms. The number of benzene rings is 1. The van der Waals surface area contributed by atoms with Gasteiger partial charge in [0.1, 0.15) is 5.69 Å². The van der Waals surface area contributed by atoms with Crippen LogP contribution in [0.15, 0.2) is 18.2 Å². The molecule has 0 fully saturated rings. The number of hydrogen-bond donors (Lipinski definition) is 0. The van der Waals surface area contributed by atoms with Crippen LogP contribution in [0.1, 0.15) is 19.4 Å². The van der Waals surface area contributed by atoms with Crippen molar-refractivity contribution in [3.63, 3.8) is 0 Å². The van der Waals surface area contributed by atoms with E-state index in [0.29, 0.717) is 11.0 Å². The van der Waals surface area contributed by atoms with Gasteiger partial charge in [-0.2, -0.15) is 0 Å². The molecule has 16 heavy (non-hydrogen) atoms. The van der Waals surface area contributed by atoms with Crippen molar-refractivity contribution in [2.75, 3.05) is 18.0 Å². The summed E-state index contributed by atoms with van der Waals surface area (Å²) in [7, 11) is 0. The first-order chi connectivity index (χ1) is 7.63. The molecule has 88 valence electrons. The molecule has 0 aliphatic rings. The van der Waals surface area contributed by atoms with E-state index < -0.39 is 0 Å². The lowest BCUT2D eigenvalue weighted by Crippen LogP contribution is -2.22. The molecule has 1 rings (SSSR count). The minimum Gasteiger partial charge on any atom is -0.367 e. The summed E-state index contributed by atoms with van der Waals surface area (Å²) in [5, 5.41) is 11.6. The molecule has 0 spiro atoms. The van der Waals surface area contributed by atoms with E-state index >= 15 is 0 Å². The van der Waals surface area contributed by atoms with E-state index in [2.05, 4.69) is 15.9 Å². The monoisotopic (exact) mass is 286 g/mol. The van der Waals surface area contributed by atoms with Crippen molar-refractivity contribution in [1.29, 1.82) is 0 Å². The first kappa shape index (κ1) is 13.0. The Kier molecular flexibility index (Phi) is 4.73. The van der Waals surface area contributed by atoms with Gasteiger partial charge in [-0.15, -0.1) is 0 Å². The SMILES string of the molecule is CCN(CC)c1ccc(CBr)cc1[N+](=O)[O-]. The van der Waals surface area contributed by atoms with Crippen molar-refractivity contribution >= 4 is 27.3 Å². The number of nitro benzene ring substituents is 1. The molecular formula is C11H15BrN2O2. The fourth-order valence-corrected chi connectivity index (χ4v) is 1.98. The Labute approximate surface area is 104 Å². The summed E-state index contributed by atoms with van der Waals surface area (Å²) in [4.78, 5) is 12.7. The van der Waals surface area contributed by atoms with Gasteiger partial charge in [0.05, 0.1) is 4.92 Å². The van der Waals surface area contributed by atoms with Gasteiger partial charge in [-0.05, 0) is 25.5 Å². The summed E-state index contributed by atoms with van der Waals surface area (Å²) in [6.45, 7) is 5.52. The molecule has 0 unspecified atom stereocenters. The molecule has 0 heterocycles. The van der Waals surface area contributed by atoms with Crippen LogP contribution in [-0.4, -0.2) is 18.0 Å². The summed E-state index contributed by atoms with van der Waals surface area (Å²) < 4.78 is 0. The first-order valence-electron chi connectivity index (χ1n) is 5.22. The highest BCUT2D eigenvalue weighted by Crippen LogP contribution is 2.29. The van der Waals surface area contributed by atoms with E-state index in [1.165, 1.54) is 0 Å². The molecular weight excluding hydrogens is 272 g/mol. The van der Waals surface area contributed by atoms with E-state index in [9.17, 15) is 10.1 Å². The topological polar surface area (TPSA) is 46.4 Å². The molecule has 0 radical (unpaired) electrons. The van der Waals surface area contributed by atoms with E-state index in [1.807, 2.05) is 30.9 Å². The third kappa shape index (κ3) is 2.72. The van der Waals surface area contributed by atoms with Crippen molar-refractivity contribution in [1.82, 2.24) is 0 Å². The maximum absolute atomic E-state index is 11.0. The number of hydrogen-bond acceptors (Lipinski definition) is 3. The van der Waals surface area contributed by atoms with Gasteiger partial charge in [0.15, 0.2) is 0 Å². The third-order valence-electron chi connectivity index (χ3n) is 2.49. The minimum absolute atomic E-state index is 0.181. The number of nitro groups is 1. The average molecular weight is 287 g/mol. The summed E-state index contributed by atoms with van der Waals surface area (Å²) in [5.74, 6) is 0. The van der Waals surface area contributed by atoms with Gasteiger partial charge in [0.25, 0.3) is 5.69 Å². The molecule has 0 amide bonds. The summed E-state index contributed by atoms with van der Waals surface area (Å²) >= 11 is 3.30. The highest BCUT2D eigenvalue weighted by molar-refractivity contribution is 9.08. The zero-order chi connectivity index (χ0) is 12.1. The smallest absolute Gasteiger partial charge is 0.292 e. The van der Waals surface area contributed by atoms with Gasteiger partial charge in [-0.25, -0.2) is 0 Å². The predicted octanol–water partition coefficient (Wildman–Crippen LogP) is 3.34. The van der Waals surface area contributed by atoms with Crippen LogP contribution in [0.3, 0.4) is 0 Å². The van der Waals surface area contributed by atoms with Crippen LogP contribution >= 0.6 is 15.9 Å². The summed E-state index contributed by atoms with van der Waals surface area (Å²) in [5.41, 5.74) is 1.79. The molecule has 0 saturated heterocycles. The first-order valence-corrected chi connectivity index (χ1v) is 6.34. The fraction of sp³-hybridized carbons (Fsp3) is 0.455. The number of nitrogens with zero attached hydrogens (tertiary/aromatic N) is 2. The standard InChI is InChI=1S/C11H15BrN2O2/c1-3-13(4-2)10-6-5-9(8-12)7-11(10)14(15)16/h5-7H,3-4,8H2,1-2H3. The molecule has 0 aromatic heterocycles. The van der Waals surface area contributed by atoms with E-state index in [1.54, 1.807) is 6.07 Å². The Bertz CT molecular complexity index is 378. The number of anilines is 1. The average Bonchev–Trinajstić information content (AvgIpc) is 2.30. The van der Waals surface area contributed by atoms with Crippen molar-refractivity contribution in [3.05, 3.63) is 33.9 Å². The molecule has 0 atom stereocenters. The molecule has 0 bridgehead atoms. The van der Waals surface area contributed by atoms with Crippen LogP contribution in [0.25, 0.3) is 0 Å². The minimum atomic E-state index is -0.320. The van der Waals surface area contributed by atoms with E-state index in [-0.39, 0.29) is 10.6 Å². The Morgan fingerprint density at radius 3 is 2.44 bits per heavy atom. The largest absolute Gasteiger partial charge is 0.367 e. The molecule has 0 aliphatic carbocycles. The normalized spacial score (nSPS) is 10.2. The Morgan fingerprint density at radius 1 is 1.38 bits per heavy atom. The molecule has 0 N–H and O–H groups in total. The summed E-state index contributed by atoms with van der Waals surface area (Å²) in [6.07, 6.45) is 0. The van der Waals surface area contributed by atoms with Crippen molar-refractivity contribution < 1.29 is 4.92 Å². The second kappa shape index (κ2) is 5.84. The molecule has 1 aromatic rings. The lowest BCUT2D eigenvalue weighted by Gasteiger charge is -2.20. The van der Waals surface area contributed by atoms with Crippen molar-refractivity contribution in [2.24, 2.45) is 0 Å². The van der Waals surface area contributed by atoms with Crippen molar-refractivity contribution in [2.45, 2.75) is 19.2 Å². The van der Waals surface area contributed by atoms with Crippen LogP contribution in [0, 0.1) is 10.1 Å². The van der Waals surface area contributed by atoms with E-state index in [4.69, 9.17) is 0 Å². The van der Waals surface area contributed by atoms with Crippen LogP contribution in [0.5, 0.6) is 0 Å². The molecule has 0 aliphatic heterocycles. The molecule has 1 aromatic carbocycles. The van der Waals surface area contributed by atoms with Gasteiger partial charge in [-0.1, -0.05) is 22.0 Å². The van der Waals surface area contributed by atoms with Gasteiger partial charge >= 0.3 is 0 Å². The lowest BCUT2D eigenvalue weighted by atomic mass is 10.1. The number of halogens is 1. The zero-order valence-corrected chi connectivity index (χ0v) is 11.0. The highest BCUT2D eigenvalue weighted by Gasteiger charge is 2.17. The maximum Gasteiger partial charge on any atom is 0.292 e. The number of rotatable bonds is 5. The number of alkyl halides is 1. The lowest BCUT2D eigenvalue weighted by molar-refractivity contribution is -0.384. The van der Waals surface area contributed by atoms with Gasteiger partial charge in [0.2, 0.25) is 0 Å². The Hall–Kier alpha value is -1.10. The van der Waals surface area contributed by atoms with Gasteiger partial charge in [0, 0.05) is 24.5 Å². The molecule has 0 saturated carbocycles. The predicted molar refractivity (Wildman–Crippen MR) is 69.3 cm³/mol. The fourth-order valence-electron chi connectivity index (χ4n) is 1.63. The molecule has 4 nitrogen and oxygen atoms in total. The quantitative estimate of drug-likeness (QED) is 0.474. The second-order valence-electron chi connectivity index (χ2n) is 3.39. The highest BCUT2D eigenvalue weighted by atomic mass is 79.9. The Balaban J connectivity index is 3.21.